The summed E-state index contributed by atoms with van der Waals surface area (Å²) in [4.78, 5) is 15.9. The zero-order valence-corrected chi connectivity index (χ0v) is 12.5. The van der Waals surface area contributed by atoms with Gasteiger partial charge in [-0.05, 0) is 48.9 Å². The van der Waals surface area contributed by atoms with E-state index in [0.29, 0.717) is 0 Å². The van der Waals surface area contributed by atoms with Crippen LogP contribution >= 0.6 is 11.8 Å². The molecule has 0 bridgehead atoms. The van der Waals surface area contributed by atoms with Gasteiger partial charge in [0.1, 0.15) is 0 Å². The van der Waals surface area contributed by atoms with Gasteiger partial charge in [-0.15, -0.1) is 11.8 Å². The van der Waals surface area contributed by atoms with Gasteiger partial charge in [0.2, 0.25) is 0 Å². The third-order valence-corrected chi connectivity index (χ3v) is 4.53. The lowest BCUT2D eigenvalue weighted by Gasteiger charge is -2.19. The summed E-state index contributed by atoms with van der Waals surface area (Å²) in [5.74, 6) is 0.114. The average Bonchev–Trinajstić information content (AvgIpc) is 2.91. The number of hydrogen-bond donors (Lipinski definition) is 0. The van der Waals surface area contributed by atoms with Crippen molar-refractivity contribution in [2.75, 3.05) is 17.7 Å². The van der Waals surface area contributed by atoms with Crippen molar-refractivity contribution in [3.05, 3.63) is 59.2 Å². The number of para-hydroxylation sites is 1. The maximum Gasteiger partial charge on any atom is 0.258 e. The number of amides is 1. The Morgan fingerprint density at radius 1 is 1.20 bits per heavy atom. The second-order valence-electron chi connectivity index (χ2n) is 5.02. The van der Waals surface area contributed by atoms with Gasteiger partial charge in [0.05, 0.1) is 0 Å². The Bertz CT molecular complexity index is 666. The molecule has 3 heteroatoms. The van der Waals surface area contributed by atoms with Crippen molar-refractivity contribution < 1.29 is 4.79 Å². The van der Waals surface area contributed by atoms with Crippen molar-refractivity contribution in [3.63, 3.8) is 0 Å². The van der Waals surface area contributed by atoms with Crippen LogP contribution in [0.25, 0.3) is 0 Å². The highest BCUT2D eigenvalue weighted by Gasteiger charge is 2.26. The smallest absolute Gasteiger partial charge is 0.258 e. The van der Waals surface area contributed by atoms with Gasteiger partial charge in [0.15, 0.2) is 0 Å². The maximum atomic E-state index is 12.8. The molecule has 0 N–H and O–H groups in total. The van der Waals surface area contributed by atoms with Crippen LogP contribution in [0.2, 0.25) is 0 Å². The number of fused-ring (bicyclic) bond motifs is 1. The van der Waals surface area contributed by atoms with E-state index >= 15 is 0 Å². The Balaban J connectivity index is 1.98. The molecule has 1 heterocycles. The molecule has 2 aromatic carbocycles. The van der Waals surface area contributed by atoms with Crippen molar-refractivity contribution in [3.8, 4) is 0 Å². The van der Waals surface area contributed by atoms with Gasteiger partial charge in [-0.25, -0.2) is 0 Å². The summed E-state index contributed by atoms with van der Waals surface area (Å²) in [6, 6.07) is 14.3. The minimum Gasteiger partial charge on any atom is -0.308 e. The fourth-order valence-corrected chi connectivity index (χ4v) is 3.09. The monoisotopic (exact) mass is 283 g/mol. The van der Waals surface area contributed by atoms with Crippen LogP contribution in [0, 0.1) is 6.92 Å². The minimum absolute atomic E-state index is 0.114. The van der Waals surface area contributed by atoms with E-state index in [4.69, 9.17) is 0 Å². The number of rotatable bonds is 2. The van der Waals surface area contributed by atoms with Crippen LogP contribution in [0.15, 0.2) is 47.4 Å². The molecule has 0 atom stereocenters. The van der Waals surface area contributed by atoms with Gasteiger partial charge < -0.3 is 4.90 Å². The van der Waals surface area contributed by atoms with Crippen LogP contribution in [0.1, 0.15) is 21.5 Å². The van der Waals surface area contributed by atoms with E-state index in [2.05, 4.69) is 12.1 Å². The lowest BCUT2D eigenvalue weighted by atomic mass is 10.1. The lowest BCUT2D eigenvalue weighted by molar-refractivity contribution is 0.0988. The van der Waals surface area contributed by atoms with Gasteiger partial charge in [-0.1, -0.05) is 24.3 Å². The van der Waals surface area contributed by atoms with Crippen molar-refractivity contribution in [1.82, 2.24) is 0 Å². The van der Waals surface area contributed by atoms with E-state index < -0.39 is 0 Å². The fraction of sp³-hybridized carbons (Fsp3) is 0.235. The molecule has 1 aliphatic heterocycles. The minimum atomic E-state index is 0.114. The van der Waals surface area contributed by atoms with Crippen molar-refractivity contribution in [1.29, 1.82) is 0 Å². The Hall–Kier alpha value is -1.74. The second kappa shape index (κ2) is 5.33. The molecule has 1 aliphatic rings. The van der Waals surface area contributed by atoms with Gasteiger partial charge in [0, 0.05) is 22.7 Å². The molecule has 0 aliphatic carbocycles. The normalized spacial score (nSPS) is 13.4. The number of benzene rings is 2. The van der Waals surface area contributed by atoms with Gasteiger partial charge in [-0.2, -0.15) is 0 Å². The predicted octanol–water partition coefficient (Wildman–Crippen LogP) is 3.92. The van der Waals surface area contributed by atoms with E-state index in [9.17, 15) is 4.79 Å². The molecule has 0 saturated heterocycles. The highest BCUT2D eigenvalue weighted by atomic mass is 32.2. The first-order valence-corrected chi connectivity index (χ1v) is 7.97. The highest BCUT2D eigenvalue weighted by Crippen LogP contribution is 2.30. The quantitative estimate of drug-likeness (QED) is 0.779. The van der Waals surface area contributed by atoms with Crippen LogP contribution < -0.4 is 4.90 Å². The molecule has 2 aromatic rings. The Morgan fingerprint density at radius 3 is 2.80 bits per heavy atom. The number of anilines is 1. The third kappa shape index (κ3) is 2.22. The fourth-order valence-electron chi connectivity index (χ4n) is 2.65. The standard InChI is InChI=1S/C17H17NOS/c1-12-7-8-14(20-2)11-15(12)17(19)18-10-9-13-5-3-4-6-16(13)18/h3-8,11H,9-10H2,1-2H3. The van der Waals surface area contributed by atoms with Crippen LogP contribution in [0.3, 0.4) is 0 Å². The van der Waals surface area contributed by atoms with Gasteiger partial charge >= 0.3 is 0 Å². The van der Waals surface area contributed by atoms with E-state index in [1.165, 1.54) is 5.56 Å². The molecule has 0 fully saturated rings. The van der Waals surface area contributed by atoms with Crippen molar-refractivity contribution in [2.45, 2.75) is 18.2 Å². The summed E-state index contributed by atoms with van der Waals surface area (Å²) in [7, 11) is 0. The van der Waals surface area contributed by atoms with Crippen LogP contribution in [-0.4, -0.2) is 18.7 Å². The summed E-state index contributed by atoms with van der Waals surface area (Å²) in [5, 5.41) is 0. The molecule has 3 rings (SSSR count). The maximum absolute atomic E-state index is 12.8. The molecule has 0 radical (unpaired) electrons. The first kappa shape index (κ1) is 13.3. The summed E-state index contributed by atoms with van der Waals surface area (Å²) < 4.78 is 0. The summed E-state index contributed by atoms with van der Waals surface area (Å²) in [6.07, 6.45) is 2.98. The zero-order chi connectivity index (χ0) is 14.1. The van der Waals surface area contributed by atoms with Crippen LogP contribution in [0.5, 0.6) is 0 Å². The summed E-state index contributed by atoms with van der Waals surface area (Å²) in [6.45, 7) is 2.78. The molecular weight excluding hydrogens is 266 g/mol. The Morgan fingerprint density at radius 2 is 2.00 bits per heavy atom. The molecule has 0 unspecified atom stereocenters. The average molecular weight is 283 g/mol. The van der Waals surface area contributed by atoms with E-state index in [-0.39, 0.29) is 5.91 Å². The number of carbonyl (C=O) groups excluding carboxylic acids is 1. The molecule has 20 heavy (non-hydrogen) atoms. The van der Waals surface area contributed by atoms with Crippen LogP contribution in [0.4, 0.5) is 5.69 Å². The molecule has 0 saturated carbocycles. The molecule has 1 amide bonds. The number of nitrogens with zero attached hydrogens (tertiary/aromatic N) is 1. The third-order valence-electron chi connectivity index (χ3n) is 3.81. The van der Waals surface area contributed by atoms with E-state index in [0.717, 1.165) is 34.7 Å². The topological polar surface area (TPSA) is 20.3 Å². The summed E-state index contributed by atoms with van der Waals surface area (Å²) >= 11 is 1.67. The Kier molecular flexibility index (Phi) is 3.53. The number of thioether (sulfide) groups is 1. The number of carbonyl (C=O) groups is 1. The highest BCUT2D eigenvalue weighted by molar-refractivity contribution is 7.98. The van der Waals surface area contributed by atoms with E-state index in [1.807, 2.05) is 48.4 Å². The van der Waals surface area contributed by atoms with Gasteiger partial charge in [-0.3, -0.25) is 4.79 Å². The SMILES string of the molecule is CSc1ccc(C)c(C(=O)N2CCc3ccccc32)c1. The first-order valence-electron chi connectivity index (χ1n) is 6.75. The number of hydrogen-bond acceptors (Lipinski definition) is 2. The van der Waals surface area contributed by atoms with Crippen LogP contribution in [-0.2, 0) is 6.42 Å². The van der Waals surface area contributed by atoms with Crippen molar-refractivity contribution in [2.24, 2.45) is 0 Å². The summed E-state index contributed by atoms with van der Waals surface area (Å²) in [5.41, 5.74) is 4.18. The molecule has 2 nitrogen and oxygen atoms in total. The molecule has 0 aromatic heterocycles. The Labute approximate surface area is 123 Å². The largest absolute Gasteiger partial charge is 0.308 e. The second-order valence-corrected chi connectivity index (χ2v) is 5.90. The number of aryl methyl sites for hydroxylation is 1. The molecular formula is C17H17NOS. The lowest BCUT2D eigenvalue weighted by Crippen LogP contribution is -2.29. The molecule has 0 spiro atoms. The van der Waals surface area contributed by atoms with E-state index in [1.54, 1.807) is 11.8 Å². The first-order chi connectivity index (χ1) is 9.70. The van der Waals surface area contributed by atoms with Crippen molar-refractivity contribution >= 4 is 23.4 Å². The predicted molar refractivity (Wildman–Crippen MR) is 84.8 cm³/mol. The molecule has 102 valence electrons. The zero-order valence-electron chi connectivity index (χ0n) is 11.7. The van der Waals surface area contributed by atoms with Gasteiger partial charge in [0.25, 0.3) is 5.91 Å².